The van der Waals surface area contributed by atoms with Crippen LogP contribution < -0.4 is 15.2 Å². The van der Waals surface area contributed by atoms with Crippen molar-refractivity contribution in [2.45, 2.75) is 6.92 Å². The predicted octanol–water partition coefficient (Wildman–Crippen LogP) is 3.03. The molecule has 2 aromatic heterocycles. The molecule has 0 aliphatic heterocycles. The summed E-state index contributed by atoms with van der Waals surface area (Å²) in [7, 11) is 1.45. The van der Waals surface area contributed by atoms with Crippen LogP contribution in [0, 0.1) is 5.82 Å². The summed E-state index contributed by atoms with van der Waals surface area (Å²) in [5.41, 5.74) is 6.26. The maximum atomic E-state index is 13.5. The lowest BCUT2D eigenvalue weighted by atomic mass is 10.3. The number of ether oxygens (including phenoxy) is 3. The zero-order valence-electron chi connectivity index (χ0n) is 13.7. The Kier molecular flexibility index (Phi) is 4.42. The molecule has 3 aromatic rings. The van der Waals surface area contributed by atoms with Gasteiger partial charge in [-0.3, -0.25) is 4.40 Å². The molecule has 25 heavy (non-hydrogen) atoms. The largest absolute Gasteiger partial charge is 0.493 e. The molecule has 2 N–H and O–H groups in total. The van der Waals surface area contributed by atoms with Crippen molar-refractivity contribution in [1.82, 2.24) is 9.38 Å². The van der Waals surface area contributed by atoms with Gasteiger partial charge >= 0.3 is 5.97 Å². The minimum atomic E-state index is -0.627. The number of rotatable bonds is 5. The fraction of sp³-hybridized carbons (Fsp3) is 0.176. The van der Waals surface area contributed by atoms with Gasteiger partial charge in [0.15, 0.2) is 28.6 Å². The topological polar surface area (TPSA) is 88.1 Å². The molecule has 0 aliphatic carbocycles. The molecule has 0 fully saturated rings. The van der Waals surface area contributed by atoms with Crippen LogP contribution in [-0.4, -0.2) is 29.1 Å². The summed E-state index contributed by atoms with van der Waals surface area (Å²) in [5.74, 6) is -0.155. The van der Waals surface area contributed by atoms with E-state index in [-0.39, 0.29) is 29.6 Å². The van der Waals surface area contributed by atoms with Crippen LogP contribution in [0.3, 0.4) is 0 Å². The Morgan fingerprint density at radius 1 is 1.28 bits per heavy atom. The molecule has 0 saturated carbocycles. The van der Waals surface area contributed by atoms with Gasteiger partial charge in [0, 0.05) is 12.3 Å². The standard InChI is InChI=1S/C17H16FN3O4/c1-3-24-17(22)14-15(19)21-8-4-5-12(16(21)20-14)25-13-9-10(18)6-7-11(13)23-2/h4-9H,3,19H2,1-2H3. The first-order chi connectivity index (χ1) is 12.0. The average molecular weight is 345 g/mol. The number of anilines is 1. The Bertz CT molecular complexity index is 939. The summed E-state index contributed by atoms with van der Waals surface area (Å²) in [6.07, 6.45) is 1.63. The third-order valence-electron chi connectivity index (χ3n) is 3.47. The van der Waals surface area contributed by atoms with E-state index >= 15 is 0 Å². The molecule has 0 aliphatic rings. The van der Waals surface area contributed by atoms with Crippen molar-refractivity contribution in [2.75, 3.05) is 19.5 Å². The fourth-order valence-corrected chi connectivity index (χ4v) is 2.34. The van der Waals surface area contributed by atoms with E-state index < -0.39 is 11.8 Å². The molecular weight excluding hydrogens is 329 g/mol. The second-order valence-corrected chi connectivity index (χ2v) is 5.03. The van der Waals surface area contributed by atoms with Gasteiger partial charge in [0.1, 0.15) is 11.6 Å². The smallest absolute Gasteiger partial charge is 0.360 e. The number of esters is 1. The van der Waals surface area contributed by atoms with Gasteiger partial charge < -0.3 is 19.9 Å². The number of nitrogen functional groups attached to an aromatic ring is 1. The molecule has 0 bridgehead atoms. The van der Waals surface area contributed by atoms with Crippen molar-refractivity contribution in [3.8, 4) is 17.2 Å². The molecule has 7 nitrogen and oxygen atoms in total. The summed E-state index contributed by atoms with van der Waals surface area (Å²) in [6, 6.07) is 7.20. The predicted molar refractivity (Wildman–Crippen MR) is 88.6 cm³/mol. The number of fused-ring (bicyclic) bond motifs is 1. The number of methoxy groups -OCH3 is 1. The summed E-state index contributed by atoms with van der Waals surface area (Å²) >= 11 is 0. The van der Waals surface area contributed by atoms with Crippen LogP contribution in [0.25, 0.3) is 5.65 Å². The molecule has 0 amide bonds. The summed E-state index contributed by atoms with van der Waals surface area (Å²) in [6.45, 7) is 1.89. The fourth-order valence-electron chi connectivity index (χ4n) is 2.34. The van der Waals surface area contributed by atoms with Crippen LogP contribution in [0.4, 0.5) is 10.2 Å². The van der Waals surface area contributed by atoms with E-state index in [2.05, 4.69) is 4.98 Å². The quantitative estimate of drug-likeness (QED) is 0.715. The van der Waals surface area contributed by atoms with Crippen LogP contribution in [0.15, 0.2) is 36.5 Å². The van der Waals surface area contributed by atoms with Crippen molar-refractivity contribution in [1.29, 1.82) is 0 Å². The van der Waals surface area contributed by atoms with Gasteiger partial charge in [-0.05, 0) is 31.2 Å². The van der Waals surface area contributed by atoms with Crippen molar-refractivity contribution >= 4 is 17.4 Å². The van der Waals surface area contributed by atoms with Gasteiger partial charge in [-0.2, -0.15) is 0 Å². The van der Waals surface area contributed by atoms with E-state index in [0.29, 0.717) is 11.4 Å². The van der Waals surface area contributed by atoms with Gasteiger partial charge in [0.25, 0.3) is 0 Å². The highest BCUT2D eigenvalue weighted by atomic mass is 19.1. The minimum absolute atomic E-state index is 0.0101. The van der Waals surface area contributed by atoms with E-state index in [0.717, 1.165) is 0 Å². The Labute approximate surface area is 142 Å². The second kappa shape index (κ2) is 6.68. The Morgan fingerprint density at radius 3 is 2.80 bits per heavy atom. The van der Waals surface area contributed by atoms with E-state index in [1.165, 1.54) is 29.7 Å². The number of carbonyl (C=O) groups excluding carboxylic acids is 1. The van der Waals surface area contributed by atoms with Crippen LogP contribution in [0.2, 0.25) is 0 Å². The summed E-state index contributed by atoms with van der Waals surface area (Å²) in [4.78, 5) is 16.2. The first-order valence-electron chi connectivity index (χ1n) is 7.50. The van der Waals surface area contributed by atoms with Gasteiger partial charge in [0.2, 0.25) is 0 Å². The third-order valence-corrected chi connectivity index (χ3v) is 3.47. The highest BCUT2D eigenvalue weighted by molar-refractivity contribution is 5.94. The highest BCUT2D eigenvalue weighted by Gasteiger charge is 2.20. The zero-order valence-corrected chi connectivity index (χ0v) is 13.7. The van der Waals surface area contributed by atoms with Crippen LogP contribution in [0.5, 0.6) is 17.2 Å². The van der Waals surface area contributed by atoms with Crippen molar-refractivity contribution in [2.24, 2.45) is 0 Å². The average Bonchev–Trinajstić information content (AvgIpc) is 2.94. The van der Waals surface area contributed by atoms with Crippen LogP contribution >= 0.6 is 0 Å². The first kappa shape index (κ1) is 16.6. The molecule has 0 saturated heterocycles. The molecule has 8 heteroatoms. The van der Waals surface area contributed by atoms with E-state index in [1.54, 1.807) is 25.3 Å². The lowest BCUT2D eigenvalue weighted by Gasteiger charge is -2.11. The molecule has 0 unspecified atom stereocenters. The minimum Gasteiger partial charge on any atom is -0.493 e. The van der Waals surface area contributed by atoms with E-state index in [1.807, 2.05) is 0 Å². The molecule has 0 atom stereocenters. The molecule has 130 valence electrons. The number of nitrogens with zero attached hydrogens (tertiary/aromatic N) is 2. The number of pyridine rings is 1. The van der Waals surface area contributed by atoms with Gasteiger partial charge in [-0.1, -0.05) is 0 Å². The zero-order chi connectivity index (χ0) is 18.0. The Morgan fingerprint density at radius 2 is 2.08 bits per heavy atom. The molecule has 0 spiro atoms. The number of hydrogen-bond acceptors (Lipinski definition) is 6. The van der Waals surface area contributed by atoms with Gasteiger partial charge in [-0.25, -0.2) is 14.2 Å². The van der Waals surface area contributed by atoms with Crippen LogP contribution in [-0.2, 0) is 4.74 Å². The normalized spacial score (nSPS) is 10.7. The summed E-state index contributed by atoms with van der Waals surface area (Å²) in [5, 5.41) is 0. The number of imidazole rings is 1. The second-order valence-electron chi connectivity index (χ2n) is 5.03. The molecular formula is C17H16FN3O4. The monoisotopic (exact) mass is 345 g/mol. The molecule has 3 rings (SSSR count). The van der Waals surface area contributed by atoms with Gasteiger partial charge in [0.05, 0.1) is 13.7 Å². The maximum absolute atomic E-state index is 13.5. The van der Waals surface area contributed by atoms with E-state index in [4.69, 9.17) is 19.9 Å². The van der Waals surface area contributed by atoms with Crippen molar-refractivity contribution in [3.63, 3.8) is 0 Å². The lowest BCUT2D eigenvalue weighted by molar-refractivity contribution is 0.0521. The SMILES string of the molecule is CCOC(=O)c1nc2c(Oc3cc(F)ccc3OC)cccn2c1N. The molecule has 1 aromatic carbocycles. The highest BCUT2D eigenvalue weighted by Crippen LogP contribution is 2.34. The Balaban J connectivity index is 2.07. The van der Waals surface area contributed by atoms with Crippen LogP contribution in [0.1, 0.15) is 17.4 Å². The molecule has 0 radical (unpaired) electrons. The molecule has 2 heterocycles. The van der Waals surface area contributed by atoms with Crippen molar-refractivity contribution < 1.29 is 23.4 Å². The Hall–Kier alpha value is -3.29. The number of benzene rings is 1. The summed E-state index contributed by atoms with van der Waals surface area (Å²) < 4.78 is 30.9. The lowest BCUT2D eigenvalue weighted by Crippen LogP contribution is -2.08. The third kappa shape index (κ3) is 3.06. The number of nitrogens with two attached hydrogens (primary N) is 1. The van der Waals surface area contributed by atoms with E-state index in [9.17, 15) is 9.18 Å². The van der Waals surface area contributed by atoms with Gasteiger partial charge in [-0.15, -0.1) is 0 Å². The number of carbonyl (C=O) groups is 1. The maximum Gasteiger partial charge on any atom is 0.360 e. The van der Waals surface area contributed by atoms with Crippen molar-refractivity contribution in [3.05, 3.63) is 48.0 Å². The number of hydrogen-bond donors (Lipinski definition) is 1. The number of halogens is 1. The first-order valence-corrected chi connectivity index (χ1v) is 7.50. The number of aromatic nitrogens is 2.